The first-order chi connectivity index (χ1) is 9.34. The molecule has 0 bridgehead atoms. The SMILES string of the molecule is OC(Cc1ccsc1)c1ccnn1-c1ccccc1. The predicted molar refractivity (Wildman–Crippen MR) is 76.5 cm³/mol. The number of hydrogen-bond donors (Lipinski definition) is 1. The third-order valence-corrected chi connectivity index (χ3v) is 3.76. The van der Waals surface area contributed by atoms with Gasteiger partial charge in [0, 0.05) is 12.6 Å². The molecule has 2 aromatic heterocycles. The molecule has 1 N–H and O–H groups in total. The topological polar surface area (TPSA) is 38.1 Å². The van der Waals surface area contributed by atoms with Gasteiger partial charge in [-0.15, -0.1) is 0 Å². The summed E-state index contributed by atoms with van der Waals surface area (Å²) in [6.45, 7) is 0. The Hall–Kier alpha value is -1.91. The lowest BCUT2D eigenvalue weighted by molar-refractivity contribution is 0.170. The van der Waals surface area contributed by atoms with Gasteiger partial charge in [-0.1, -0.05) is 18.2 Å². The number of aliphatic hydroxyl groups excluding tert-OH is 1. The number of para-hydroxylation sites is 1. The van der Waals surface area contributed by atoms with E-state index in [9.17, 15) is 5.11 Å². The smallest absolute Gasteiger partial charge is 0.100 e. The Labute approximate surface area is 115 Å². The Kier molecular flexibility index (Phi) is 3.44. The van der Waals surface area contributed by atoms with Gasteiger partial charge in [-0.2, -0.15) is 16.4 Å². The maximum atomic E-state index is 10.4. The van der Waals surface area contributed by atoms with Crippen molar-refractivity contribution in [1.29, 1.82) is 0 Å². The van der Waals surface area contributed by atoms with Gasteiger partial charge in [0.2, 0.25) is 0 Å². The second kappa shape index (κ2) is 5.38. The molecule has 1 aromatic carbocycles. The highest BCUT2D eigenvalue weighted by molar-refractivity contribution is 7.07. The molecule has 3 nitrogen and oxygen atoms in total. The summed E-state index contributed by atoms with van der Waals surface area (Å²) in [5, 5.41) is 18.7. The molecule has 0 saturated carbocycles. The number of rotatable bonds is 4. The number of aromatic nitrogens is 2. The fraction of sp³-hybridized carbons (Fsp3) is 0.133. The van der Waals surface area contributed by atoms with E-state index in [4.69, 9.17) is 0 Å². The van der Waals surface area contributed by atoms with Crippen LogP contribution in [-0.2, 0) is 6.42 Å². The molecule has 2 heterocycles. The third kappa shape index (κ3) is 2.59. The lowest BCUT2D eigenvalue weighted by atomic mass is 10.1. The van der Waals surface area contributed by atoms with Gasteiger partial charge in [0.1, 0.15) is 6.10 Å². The Morgan fingerprint density at radius 3 is 2.74 bits per heavy atom. The molecule has 0 amide bonds. The summed E-state index contributed by atoms with van der Waals surface area (Å²) in [5.41, 5.74) is 2.93. The number of hydrogen-bond acceptors (Lipinski definition) is 3. The summed E-state index contributed by atoms with van der Waals surface area (Å²) < 4.78 is 1.79. The minimum Gasteiger partial charge on any atom is -0.386 e. The van der Waals surface area contributed by atoms with Crippen LogP contribution in [0.15, 0.2) is 59.4 Å². The number of nitrogens with zero attached hydrogens (tertiary/aromatic N) is 2. The highest BCUT2D eigenvalue weighted by Crippen LogP contribution is 2.21. The zero-order chi connectivity index (χ0) is 13.1. The molecule has 0 radical (unpaired) electrons. The van der Waals surface area contributed by atoms with Crippen LogP contribution >= 0.6 is 11.3 Å². The second-order valence-corrected chi connectivity index (χ2v) is 5.13. The number of thiophene rings is 1. The number of benzene rings is 1. The van der Waals surface area contributed by atoms with Gasteiger partial charge in [0.25, 0.3) is 0 Å². The van der Waals surface area contributed by atoms with Crippen LogP contribution in [0.25, 0.3) is 5.69 Å². The fourth-order valence-electron chi connectivity index (χ4n) is 2.09. The van der Waals surface area contributed by atoms with Gasteiger partial charge in [-0.3, -0.25) is 0 Å². The minimum absolute atomic E-state index is 0.544. The van der Waals surface area contributed by atoms with Gasteiger partial charge < -0.3 is 5.11 Å². The lowest BCUT2D eigenvalue weighted by Gasteiger charge is -2.12. The Balaban J connectivity index is 1.88. The average Bonchev–Trinajstić information content (AvgIpc) is 3.10. The maximum Gasteiger partial charge on any atom is 0.100 e. The largest absolute Gasteiger partial charge is 0.386 e. The Bertz CT molecular complexity index is 631. The van der Waals surface area contributed by atoms with Gasteiger partial charge in [0.15, 0.2) is 0 Å². The van der Waals surface area contributed by atoms with E-state index in [0.29, 0.717) is 6.42 Å². The van der Waals surface area contributed by atoms with Gasteiger partial charge in [-0.05, 0) is 40.6 Å². The Morgan fingerprint density at radius 2 is 2.00 bits per heavy atom. The molecule has 0 aliphatic heterocycles. The van der Waals surface area contributed by atoms with Crippen LogP contribution in [0.4, 0.5) is 0 Å². The van der Waals surface area contributed by atoms with Crippen molar-refractivity contribution in [3.05, 3.63) is 70.7 Å². The molecule has 4 heteroatoms. The van der Waals surface area contributed by atoms with Crippen molar-refractivity contribution in [2.45, 2.75) is 12.5 Å². The zero-order valence-electron chi connectivity index (χ0n) is 10.3. The molecule has 0 fully saturated rings. The molecule has 0 aliphatic carbocycles. The first-order valence-electron chi connectivity index (χ1n) is 6.13. The minimum atomic E-state index is -0.544. The van der Waals surface area contributed by atoms with Crippen molar-refractivity contribution >= 4 is 11.3 Å². The van der Waals surface area contributed by atoms with E-state index in [0.717, 1.165) is 16.9 Å². The van der Waals surface area contributed by atoms with Gasteiger partial charge >= 0.3 is 0 Å². The van der Waals surface area contributed by atoms with Crippen LogP contribution in [0.2, 0.25) is 0 Å². The van der Waals surface area contributed by atoms with E-state index in [2.05, 4.69) is 10.5 Å². The van der Waals surface area contributed by atoms with Crippen molar-refractivity contribution in [1.82, 2.24) is 9.78 Å². The van der Waals surface area contributed by atoms with E-state index in [1.165, 1.54) is 0 Å². The highest BCUT2D eigenvalue weighted by atomic mass is 32.1. The van der Waals surface area contributed by atoms with Crippen molar-refractivity contribution in [3.8, 4) is 5.69 Å². The first-order valence-corrected chi connectivity index (χ1v) is 7.07. The van der Waals surface area contributed by atoms with Crippen LogP contribution < -0.4 is 0 Å². The van der Waals surface area contributed by atoms with Crippen LogP contribution in [0.5, 0.6) is 0 Å². The van der Waals surface area contributed by atoms with Crippen LogP contribution in [-0.4, -0.2) is 14.9 Å². The Morgan fingerprint density at radius 1 is 1.16 bits per heavy atom. The standard InChI is InChI=1S/C15H14N2OS/c18-15(10-12-7-9-19-11-12)14-6-8-16-17(14)13-4-2-1-3-5-13/h1-9,11,15,18H,10H2. The van der Waals surface area contributed by atoms with Gasteiger partial charge in [0.05, 0.1) is 11.4 Å². The van der Waals surface area contributed by atoms with E-state index in [-0.39, 0.29) is 0 Å². The second-order valence-electron chi connectivity index (χ2n) is 4.35. The summed E-state index contributed by atoms with van der Waals surface area (Å²) in [7, 11) is 0. The molecule has 0 aliphatic rings. The summed E-state index contributed by atoms with van der Waals surface area (Å²) in [4.78, 5) is 0. The van der Waals surface area contributed by atoms with Crippen molar-refractivity contribution in [3.63, 3.8) is 0 Å². The van der Waals surface area contributed by atoms with Gasteiger partial charge in [-0.25, -0.2) is 4.68 Å². The zero-order valence-corrected chi connectivity index (χ0v) is 11.1. The molecule has 3 aromatic rings. The summed E-state index contributed by atoms with van der Waals surface area (Å²) >= 11 is 1.65. The number of aliphatic hydroxyl groups is 1. The fourth-order valence-corrected chi connectivity index (χ4v) is 2.77. The molecule has 19 heavy (non-hydrogen) atoms. The van der Waals surface area contributed by atoms with Crippen molar-refractivity contribution < 1.29 is 5.11 Å². The summed E-state index contributed by atoms with van der Waals surface area (Å²) in [6.07, 6.45) is 1.79. The van der Waals surface area contributed by atoms with Crippen molar-refractivity contribution in [2.24, 2.45) is 0 Å². The van der Waals surface area contributed by atoms with E-state index in [1.807, 2.05) is 47.8 Å². The highest BCUT2D eigenvalue weighted by Gasteiger charge is 2.15. The summed E-state index contributed by atoms with van der Waals surface area (Å²) in [6, 6.07) is 13.8. The lowest BCUT2D eigenvalue weighted by Crippen LogP contribution is -2.09. The molecule has 3 rings (SSSR count). The van der Waals surface area contributed by atoms with Crippen LogP contribution in [0.1, 0.15) is 17.4 Å². The van der Waals surface area contributed by atoms with E-state index < -0.39 is 6.10 Å². The predicted octanol–water partition coefficient (Wildman–Crippen LogP) is 3.21. The molecular formula is C15H14N2OS. The van der Waals surface area contributed by atoms with Crippen molar-refractivity contribution in [2.75, 3.05) is 0 Å². The average molecular weight is 270 g/mol. The summed E-state index contributed by atoms with van der Waals surface area (Å²) in [5.74, 6) is 0. The molecule has 0 spiro atoms. The molecular weight excluding hydrogens is 256 g/mol. The van der Waals surface area contributed by atoms with Crippen LogP contribution in [0, 0.1) is 0 Å². The normalized spacial score (nSPS) is 12.5. The monoisotopic (exact) mass is 270 g/mol. The third-order valence-electron chi connectivity index (χ3n) is 3.02. The van der Waals surface area contributed by atoms with Crippen LogP contribution in [0.3, 0.4) is 0 Å². The van der Waals surface area contributed by atoms with E-state index in [1.54, 1.807) is 22.2 Å². The maximum absolute atomic E-state index is 10.4. The first kappa shape index (κ1) is 12.1. The molecule has 1 atom stereocenters. The quantitative estimate of drug-likeness (QED) is 0.790. The molecule has 96 valence electrons. The van der Waals surface area contributed by atoms with E-state index >= 15 is 0 Å². The molecule has 1 unspecified atom stereocenters. The molecule has 0 saturated heterocycles.